The minimum Gasteiger partial charge on any atom is -0.354 e. The van der Waals surface area contributed by atoms with Crippen LogP contribution in [-0.4, -0.2) is 62.2 Å². The summed E-state index contributed by atoms with van der Waals surface area (Å²) < 4.78 is 29.6. The fraction of sp³-hybridized carbons (Fsp3) is 0.316. The largest absolute Gasteiger partial charge is 0.354 e. The topological polar surface area (TPSA) is 93.0 Å². The van der Waals surface area contributed by atoms with Gasteiger partial charge in [0, 0.05) is 18.9 Å². The van der Waals surface area contributed by atoms with E-state index >= 15 is 0 Å². The summed E-state index contributed by atoms with van der Waals surface area (Å²) in [5.41, 5.74) is 0.801. The summed E-state index contributed by atoms with van der Waals surface area (Å²) in [6.45, 7) is -0.694. The summed E-state index contributed by atoms with van der Waals surface area (Å²) in [6, 6.07) is 9.75. The molecule has 1 fully saturated rings. The molecule has 2 aromatic heterocycles. The Bertz CT molecular complexity index is 1080. The first-order chi connectivity index (χ1) is 13.9. The fourth-order valence-corrected chi connectivity index (χ4v) is 3.47. The van der Waals surface area contributed by atoms with Crippen molar-refractivity contribution in [3.05, 3.63) is 54.0 Å². The van der Waals surface area contributed by atoms with Crippen LogP contribution in [0.2, 0.25) is 0 Å². The van der Waals surface area contributed by atoms with Crippen LogP contribution in [0.3, 0.4) is 0 Å². The molecule has 1 aliphatic heterocycles. The van der Waals surface area contributed by atoms with Crippen LogP contribution in [0.1, 0.15) is 27.4 Å². The number of hydrogen-bond donors (Lipinski definition) is 1. The van der Waals surface area contributed by atoms with E-state index in [1.807, 2.05) is 12.1 Å². The molecule has 1 aliphatic rings. The number of fused-ring (bicyclic) bond motifs is 1. The van der Waals surface area contributed by atoms with Crippen LogP contribution < -0.4 is 5.32 Å². The molecule has 8 nitrogen and oxygen atoms in total. The number of carbonyl (C=O) groups excluding carboxylic acids is 2. The molecular weight excluding hydrogens is 382 g/mol. The van der Waals surface area contributed by atoms with E-state index in [2.05, 4.69) is 20.6 Å². The minimum atomic E-state index is -3.01. The Morgan fingerprint density at radius 3 is 2.79 bits per heavy atom. The monoisotopic (exact) mass is 400 g/mol. The average Bonchev–Trinajstić information content (AvgIpc) is 3.30. The van der Waals surface area contributed by atoms with E-state index in [1.54, 1.807) is 18.2 Å². The van der Waals surface area contributed by atoms with Crippen LogP contribution in [0.5, 0.6) is 0 Å². The third-order valence-corrected chi connectivity index (χ3v) is 4.85. The van der Waals surface area contributed by atoms with Crippen molar-refractivity contribution in [1.82, 2.24) is 30.2 Å². The average molecular weight is 400 g/mol. The predicted octanol–water partition coefficient (Wildman–Crippen LogP) is 1.74. The maximum atomic E-state index is 14.1. The van der Waals surface area contributed by atoms with Crippen molar-refractivity contribution in [2.45, 2.75) is 24.9 Å². The Labute approximate surface area is 164 Å². The number of carbonyl (C=O) groups is 2. The van der Waals surface area contributed by atoms with Gasteiger partial charge in [-0.3, -0.25) is 9.59 Å². The second-order valence-electron chi connectivity index (χ2n) is 6.94. The summed E-state index contributed by atoms with van der Waals surface area (Å²) in [7, 11) is 1.45. The van der Waals surface area contributed by atoms with E-state index in [1.165, 1.54) is 24.0 Å². The molecule has 10 heteroatoms. The molecule has 0 bridgehead atoms. The highest BCUT2D eigenvalue weighted by atomic mass is 19.3. The zero-order valence-electron chi connectivity index (χ0n) is 15.5. The normalized spacial score (nSPS) is 18.2. The maximum absolute atomic E-state index is 14.1. The lowest BCUT2D eigenvalue weighted by Crippen LogP contribution is -2.39. The Morgan fingerprint density at radius 1 is 1.21 bits per heavy atom. The van der Waals surface area contributed by atoms with Gasteiger partial charge in [-0.1, -0.05) is 29.5 Å². The predicted molar refractivity (Wildman–Crippen MR) is 99.5 cm³/mol. The van der Waals surface area contributed by atoms with Crippen LogP contribution in [-0.2, 0) is 6.54 Å². The van der Waals surface area contributed by atoms with Gasteiger partial charge in [0.2, 0.25) is 0 Å². The number of benzene rings is 1. The molecule has 150 valence electrons. The van der Waals surface area contributed by atoms with Gasteiger partial charge < -0.3 is 10.2 Å². The van der Waals surface area contributed by atoms with E-state index in [9.17, 15) is 18.4 Å². The third kappa shape index (κ3) is 3.78. The van der Waals surface area contributed by atoms with E-state index in [-0.39, 0.29) is 17.9 Å². The van der Waals surface area contributed by atoms with Gasteiger partial charge in [-0.25, -0.2) is 18.4 Å². The molecule has 1 atom stereocenters. The molecule has 1 saturated heterocycles. The van der Waals surface area contributed by atoms with Gasteiger partial charge in [-0.05, 0) is 12.1 Å². The van der Waals surface area contributed by atoms with Crippen molar-refractivity contribution in [2.75, 3.05) is 13.6 Å². The van der Waals surface area contributed by atoms with E-state index < -0.39 is 36.7 Å². The van der Waals surface area contributed by atoms with Gasteiger partial charge in [0.1, 0.15) is 5.69 Å². The van der Waals surface area contributed by atoms with Gasteiger partial charge in [0.25, 0.3) is 17.7 Å². The van der Waals surface area contributed by atoms with Crippen molar-refractivity contribution in [2.24, 2.45) is 0 Å². The molecule has 0 saturated carbocycles. The lowest BCUT2D eigenvalue weighted by Gasteiger charge is -2.23. The molecule has 1 N–H and O–H groups in total. The first kappa shape index (κ1) is 18.9. The van der Waals surface area contributed by atoms with Crippen LogP contribution in [0.15, 0.2) is 42.6 Å². The summed E-state index contributed by atoms with van der Waals surface area (Å²) in [5.74, 6) is -4.01. The first-order valence-corrected chi connectivity index (χ1v) is 9.03. The molecule has 3 heterocycles. The molecule has 0 radical (unpaired) electrons. The van der Waals surface area contributed by atoms with Crippen LogP contribution >= 0.6 is 0 Å². The highest BCUT2D eigenvalue weighted by molar-refractivity contribution is 5.95. The molecule has 1 aromatic carbocycles. The lowest BCUT2D eigenvalue weighted by molar-refractivity contribution is 0.0116. The third-order valence-electron chi connectivity index (χ3n) is 4.85. The van der Waals surface area contributed by atoms with E-state index in [0.29, 0.717) is 5.52 Å². The summed E-state index contributed by atoms with van der Waals surface area (Å²) >= 11 is 0. The second kappa shape index (κ2) is 7.19. The molecule has 3 aromatic rings. The van der Waals surface area contributed by atoms with Gasteiger partial charge in [-0.2, -0.15) is 0 Å². The Hall–Kier alpha value is -3.43. The molecule has 0 aliphatic carbocycles. The van der Waals surface area contributed by atoms with Crippen LogP contribution in [0.4, 0.5) is 8.78 Å². The number of nitrogens with zero attached hydrogens (tertiary/aromatic N) is 5. The zero-order chi connectivity index (χ0) is 20.6. The number of nitrogens with one attached hydrogen (secondary N) is 1. The van der Waals surface area contributed by atoms with Crippen molar-refractivity contribution in [1.29, 1.82) is 0 Å². The second-order valence-corrected chi connectivity index (χ2v) is 6.94. The summed E-state index contributed by atoms with van der Waals surface area (Å²) in [5, 5.41) is 10.8. The molecule has 0 unspecified atom stereocenters. The first-order valence-electron chi connectivity index (χ1n) is 9.03. The van der Waals surface area contributed by atoms with Crippen molar-refractivity contribution in [3.63, 3.8) is 0 Å². The number of hydrogen-bond acceptors (Lipinski definition) is 5. The van der Waals surface area contributed by atoms with Crippen LogP contribution in [0.25, 0.3) is 10.9 Å². The maximum Gasteiger partial charge on any atom is 0.273 e. The Morgan fingerprint density at radius 2 is 2.00 bits per heavy atom. The minimum absolute atomic E-state index is 0.00109. The van der Waals surface area contributed by atoms with Crippen molar-refractivity contribution in [3.8, 4) is 0 Å². The van der Waals surface area contributed by atoms with Crippen molar-refractivity contribution < 1.29 is 18.4 Å². The Balaban J connectivity index is 1.58. The molecule has 0 spiro atoms. The van der Waals surface area contributed by atoms with Gasteiger partial charge in [0.05, 0.1) is 30.8 Å². The molecule has 2 amide bonds. The molecule has 4 rings (SSSR count). The highest BCUT2D eigenvalue weighted by Crippen LogP contribution is 2.33. The number of halogens is 2. The number of para-hydroxylation sites is 1. The summed E-state index contributed by atoms with van der Waals surface area (Å²) in [4.78, 5) is 30.0. The standard InChI is InChI=1S/C19H18F2N6O2/c1-22-17(28)16-10-26(25-24-16)9-13-8-19(20,21)11-27(13)18(29)15-7-6-12-4-2-3-5-14(12)23-15/h2-7,10,13H,8-9,11H2,1H3,(H,22,28)/t13-/m0/s1. The molecule has 29 heavy (non-hydrogen) atoms. The van der Waals surface area contributed by atoms with Crippen LogP contribution in [0, 0.1) is 0 Å². The van der Waals surface area contributed by atoms with Gasteiger partial charge in [0.15, 0.2) is 5.69 Å². The Kier molecular flexibility index (Phi) is 4.69. The van der Waals surface area contributed by atoms with Gasteiger partial charge >= 0.3 is 0 Å². The highest BCUT2D eigenvalue weighted by Gasteiger charge is 2.47. The fourth-order valence-electron chi connectivity index (χ4n) is 3.47. The molecular formula is C19H18F2N6O2. The number of likely N-dealkylation sites (tertiary alicyclic amines) is 1. The SMILES string of the molecule is CNC(=O)c1cn(C[C@@H]2CC(F)(F)CN2C(=O)c2ccc3ccccc3n2)nn1. The van der Waals surface area contributed by atoms with E-state index in [0.717, 1.165) is 10.3 Å². The van der Waals surface area contributed by atoms with Crippen molar-refractivity contribution >= 4 is 22.7 Å². The quantitative estimate of drug-likeness (QED) is 0.720. The number of rotatable bonds is 4. The van der Waals surface area contributed by atoms with Gasteiger partial charge in [-0.15, -0.1) is 5.10 Å². The smallest absolute Gasteiger partial charge is 0.273 e. The summed E-state index contributed by atoms with van der Waals surface area (Å²) in [6.07, 6.45) is 0.869. The van der Waals surface area contributed by atoms with E-state index in [4.69, 9.17) is 0 Å². The zero-order valence-corrected chi connectivity index (χ0v) is 15.5. The lowest BCUT2D eigenvalue weighted by atomic mass is 10.1. The number of alkyl halides is 2. The number of amides is 2. The number of aromatic nitrogens is 4. The number of pyridine rings is 1.